The fraction of sp³-hybridized carbons (Fsp3) is 0.156. The largest absolute Gasteiger partial charge is 0.358 e. The number of aromatic nitrogens is 5. The van der Waals surface area contributed by atoms with Gasteiger partial charge >= 0.3 is 0 Å². The lowest BCUT2D eigenvalue weighted by molar-refractivity contribution is 0.411. The summed E-state index contributed by atoms with van der Waals surface area (Å²) >= 11 is 0. The summed E-state index contributed by atoms with van der Waals surface area (Å²) in [6, 6.07) is 18.8. The maximum atomic E-state index is 13.9. The second-order valence-electron chi connectivity index (χ2n) is 11.1. The van der Waals surface area contributed by atoms with Crippen LogP contribution >= 0.6 is 0 Å². The Morgan fingerprint density at radius 3 is 2.64 bits per heavy atom. The number of H-pyrrole nitrogens is 2. The van der Waals surface area contributed by atoms with Gasteiger partial charge in [0.2, 0.25) is 0 Å². The van der Waals surface area contributed by atoms with E-state index in [-0.39, 0.29) is 11.2 Å². The van der Waals surface area contributed by atoms with Crippen LogP contribution in [-0.4, -0.2) is 25.1 Å². The first-order chi connectivity index (χ1) is 18.7. The number of anilines is 1. The number of hydrogen-bond donors (Lipinski definition) is 3. The van der Waals surface area contributed by atoms with E-state index in [1.807, 2.05) is 36.7 Å². The van der Waals surface area contributed by atoms with Crippen molar-refractivity contribution in [1.82, 2.24) is 25.1 Å². The van der Waals surface area contributed by atoms with Crippen molar-refractivity contribution in [2.75, 3.05) is 5.32 Å². The van der Waals surface area contributed by atoms with Gasteiger partial charge in [0.05, 0.1) is 23.1 Å². The topological polar surface area (TPSA) is 82.3 Å². The van der Waals surface area contributed by atoms with E-state index >= 15 is 0 Å². The third-order valence-corrected chi connectivity index (χ3v) is 6.62. The molecule has 0 aliphatic carbocycles. The van der Waals surface area contributed by atoms with E-state index in [0.29, 0.717) is 0 Å². The maximum Gasteiger partial charge on any atom is 0.138 e. The van der Waals surface area contributed by atoms with Crippen molar-refractivity contribution >= 4 is 27.6 Å². The molecule has 0 amide bonds. The van der Waals surface area contributed by atoms with Crippen LogP contribution in [0.3, 0.4) is 0 Å². The Bertz CT molecular complexity index is 1840. The third-order valence-electron chi connectivity index (χ3n) is 6.62. The van der Waals surface area contributed by atoms with E-state index in [0.717, 1.165) is 73.4 Å². The number of nitrogens with zero attached hydrogens (tertiary/aromatic N) is 3. The lowest BCUT2D eigenvalue weighted by Crippen LogP contribution is -2.10. The summed E-state index contributed by atoms with van der Waals surface area (Å²) in [6.07, 6.45) is 6.26. The van der Waals surface area contributed by atoms with Gasteiger partial charge in [-0.05, 0) is 71.0 Å². The van der Waals surface area contributed by atoms with E-state index in [4.69, 9.17) is 0 Å². The average molecular weight is 517 g/mol. The Hall–Kier alpha value is -4.78. The van der Waals surface area contributed by atoms with Crippen LogP contribution in [0.2, 0.25) is 0 Å². The van der Waals surface area contributed by atoms with Gasteiger partial charge in [-0.2, -0.15) is 5.10 Å². The molecule has 4 heterocycles. The fourth-order valence-electron chi connectivity index (χ4n) is 5.02. The van der Waals surface area contributed by atoms with Gasteiger partial charge in [-0.3, -0.25) is 10.1 Å². The molecule has 2 aromatic carbocycles. The number of rotatable bonds is 6. The first-order valence-electron chi connectivity index (χ1n) is 12.9. The highest BCUT2D eigenvalue weighted by Crippen LogP contribution is 2.35. The number of allylic oxidation sites excluding steroid dienone is 1. The Balaban J connectivity index is 1.37. The summed E-state index contributed by atoms with van der Waals surface area (Å²) in [5.74, 6) is -0.272. The quantitative estimate of drug-likeness (QED) is 0.208. The fourth-order valence-corrected chi connectivity index (χ4v) is 5.02. The zero-order valence-corrected chi connectivity index (χ0v) is 22.1. The lowest BCUT2D eigenvalue weighted by atomic mass is 9.91. The Morgan fingerprint density at radius 2 is 1.82 bits per heavy atom. The van der Waals surface area contributed by atoms with Crippen LogP contribution in [-0.2, 0) is 0 Å². The van der Waals surface area contributed by atoms with Crippen LogP contribution in [0.25, 0.3) is 55.6 Å². The molecule has 194 valence electrons. The van der Waals surface area contributed by atoms with Gasteiger partial charge in [-0.25, -0.2) is 9.37 Å². The predicted molar refractivity (Wildman–Crippen MR) is 157 cm³/mol. The highest BCUT2D eigenvalue weighted by Gasteiger charge is 2.16. The summed E-state index contributed by atoms with van der Waals surface area (Å²) in [4.78, 5) is 12.4. The second-order valence-corrected chi connectivity index (χ2v) is 11.1. The molecule has 0 radical (unpaired) electrons. The molecule has 6 nitrogen and oxygen atoms in total. The summed E-state index contributed by atoms with van der Waals surface area (Å²) in [7, 11) is 0. The van der Waals surface area contributed by atoms with Crippen LogP contribution in [0.4, 0.5) is 10.1 Å². The number of hydrogen-bond acceptors (Lipinski definition) is 4. The number of aromatic amines is 2. The van der Waals surface area contributed by atoms with Crippen LogP contribution < -0.4 is 5.32 Å². The highest BCUT2D eigenvalue weighted by molar-refractivity contribution is 6.00. The lowest BCUT2D eigenvalue weighted by Gasteiger charge is -2.20. The van der Waals surface area contributed by atoms with Crippen molar-refractivity contribution < 1.29 is 4.39 Å². The number of nitrogens with one attached hydrogen (secondary N) is 3. The van der Waals surface area contributed by atoms with Crippen LogP contribution in [0.5, 0.6) is 0 Å². The molecule has 0 bridgehead atoms. The minimum absolute atomic E-state index is 0.147. The summed E-state index contributed by atoms with van der Waals surface area (Å²) in [5, 5.41) is 13.0. The summed E-state index contributed by atoms with van der Waals surface area (Å²) in [6.45, 7) is 10.8. The molecule has 7 heteroatoms. The van der Waals surface area contributed by atoms with Crippen LogP contribution in [0.1, 0.15) is 27.2 Å². The van der Waals surface area contributed by atoms with Crippen LogP contribution in [0.15, 0.2) is 91.5 Å². The molecule has 39 heavy (non-hydrogen) atoms. The third kappa shape index (κ3) is 5.03. The smallest absolute Gasteiger partial charge is 0.138 e. The maximum absolute atomic E-state index is 13.9. The van der Waals surface area contributed by atoms with E-state index in [1.54, 1.807) is 12.3 Å². The molecular weight excluding hydrogens is 487 g/mol. The number of pyridine rings is 2. The van der Waals surface area contributed by atoms with Crippen molar-refractivity contribution in [3.63, 3.8) is 0 Å². The number of fused-ring (bicyclic) bond motifs is 2. The standard InChI is InChI=1S/C32H29FN6/c1-19(16-32(2,3)4)36-24-13-22(17-34-18-24)20-8-9-28-27(14-20)30(39-38-28)29-15-26-25(10-11-35-31(26)37-29)21-6-5-7-23(33)12-21/h5-15,17-18,36H,1,16H2,2-4H3,(H,35,37)(H,38,39). The molecule has 0 aliphatic rings. The molecule has 4 aromatic heterocycles. The van der Waals surface area contributed by atoms with Crippen molar-refractivity contribution in [3.8, 4) is 33.6 Å². The second kappa shape index (κ2) is 9.51. The molecule has 0 spiro atoms. The van der Waals surface area contributed by atoms with E-state index < -0.39 is 0 Å². The molecule has 0 saturated carbocycles. The summed E-state index contributed by atoms with van der Waals surface area (Å²) in [5.41, 5.74) is 8.99. The highest BCUT2D eigenvalue weighted by atomic mass is 19.1. The zero-order chi connectivity index (χ0) is 27.1. The number of halogens is 1. The Labute approximate surface area is 226 Å². The first kappa shape index (κ1) is 24.6. The van der Waals surface area contributed by atoms with Gasteiger partial charge in [-0.1, -0.05) is 45.5 Å². The Morgan fingerprint density at radius 1 is 0.949 bits per heavy atom. The van der Waals surface area contributed by atoms with Crippen molar-refractivity contribution in [2.24, 2.45) is 5.41 Å². The molecule has 0 atom stereocenters. The molecule has 6 aromatic rings. The van der Waals surface area contributed by atoms with Crippen molar-refractivity contribution in [1.29, 1.82) is 0 Å². The zero-order valence-electron chi connectivity index (χ0n) is 22.1. The normalized spacial score (nSPS) is 11.8. The molecule has 6 rings (SSSR count). The molecule has 0 saturated heterocycles. The molecule has 0 unspecified atom stereocenters. The minimum atomic E-state index is -0.272. The van der Waals surface area contributed by atoms with Crippen molar-refractivity contribution in [3.05, 3.63) is 97.3 Å². The van der Waals surface area contributed by atoms with Crippen molar-refractivity contribution in [2.45, 2.75) is 27.2 Å². The molecule has 0 aliphatic heterocycles. The van der Waals surface area contributed by atoms with Gasteiger partial charge in [0, 0.05) is 34.4 Å². The van der Waals surface area contributed by atoms with Crippen LogP contribution in [0, 0.1) is 11.2 Å². The first-order valence-corrected chi connectivity index (χ1v) is 12.9. The van der Waals surface area contributed by atoms with Gasteiger partial charge in [0.15, 0.2) is 0 Å². The van der Waals surface area contributed by atoms with E-state index in [1.165, 1.54) is 12.1 Å². The van der Waals surface area contributed by atoms with E-state index in [9.17, 15) is 4.39 Å². The molecular formula is C32H29FN6. The number of benzene rings is 2. The Kier molecular flexibility index (Phi) is 5.99. The monoisotopic (exact) mass is 516 g/mol. The van der Waals surface area contributed by atoms with Gasteiger partial charge in [-0.15, -0.1) is 0 Å². The SMILES string of the molecule is C=C(CC(C)(C)C)Nc1cncc(-c2ccc3[nH]nc(-c4cc5c(-c6cccc(F)c6)ccnc5[nH]4)c3c2)c1. The summed E-state index contributed by atoms with van der Waals surface area (Å²) < 4.78 is 13.9. The predicted octanol–water partition coefficient (Wildman–Crippen LogP) is 8.34. The van der Waals surface area contributed by atoms with E-state index in [2.05, 4.69) is 76.0 Å². The minimum Gasteiger partial charge on any atom is -0.358 e. The van der Waals surface area contributed by atoms with Gasteiger partial charge in [0.25, 0.3) is 0 Å². The molecule has 3 N–H and O–H groups in total. The van der Waals surface area contributed by atoms with Gasteiger partial charge < -0.3 is 10.3 Å². The average Bonchev–Trinajstić information content (AvgIpc) is 3.51. The van der Waals surface area contributed by atoms with Gasteiger partial charge in [0.1, 0.15) is 17.2 Å². The molecule has 0 fully saturated rings.